The van der Waals surface area contributed by atoms with Gasteiger partial charge in [-0.15, -0.1) is 0 Å². The van der Waals surface area contributed by atoms with Crippen LogP contribution in [-0.2, 0) is 0 Å². The van der Waals surface area contributed by atoms with E-state index in [1.54, 1.807) is 6.33 Å². The summed E-state index contributed by atoms with van der Waals surface area (Å²) in [6.07, 6.45) is 7.84. The SMILES string of the molecule is CCN1CCCC1CNc1nc2c(-c3nc[nH]n3)cccc2c2cnccc12. The number of likely N-dealkylation sites (N-methyl/N-ethyl adjacent to an activating group) is 1. The van der Waals surface area contributed by atoms with E-state index in [1.807, 2.05) is 30.6 Å². The Labute approximate surface area is 163 Å². The van der Waals surface area contributed by atoms with Gasteiger partial charge in [0.2, 0.25) is 0 Å². The molecule has 28 heavy (non-hydrogen) atoms. The van der Waals surface area contributed by atoms with Gasteiger partial charge < -0.3 is 5.32 Å². The summed E-state index contributed by atoms with van der Waals surface area (Å²) >= 11 is 0. The van der Waals surface area contributed by atoms with Gasteiger partial charge in [-0.1, -0.05) is 19.1 Å². The lowest BCUT2D eigenvalue weighted by Crippen LogP contribution is -2.34. The molecular formula is C21H23N7. The van der Waals surface area contributed by atoms with Gasteiger partial charge in [-0.25, -0.2) is 9.97 Å². The van der Waals surface area contributed by atoms with E-state index in [0.29, 0.717) is 11.9 Å². The fourth-order valence-electron chi connectivity index (χ4n) is 4.28. The van der Waals surface area contributed by atoms with E-state index in [4.69, 9.17) is 4.98 Å². The first-order valence-corrected chi connectivity index (χ1v) is 9.85. The minimum atomic E-state index is 0.558. The highest BCUT2D eigenvalue weighted by atomic mass is 15.2. The minimum absolute atomic E-state index is 0.558. The number of rotatable bonds is 5. The first kappa shape index (κ1) is 17.1. The summed E-state index contributed by atoms with van der Waals surface area (Å²) in [4.78, 5) is 16.2. The van der Waals surface area contributed by atoms with Crippen LogP contribution in [0.2, 0.25) is 0 Å². The van der Waals surface area contributed by atoms with Crippen molar-refractivity contribution < 1.29 is 0 Å². The summed E-state index contributed by atoms with van der Waals surface area (Å²) in [6, 6.07) is 8.72. The van der Waals surface area contributed by atoms with Gasteiger partial charge >= 0.3 is 0 Å². The first-order valence-electron chi connectivity index (χ1n) is 9.85. The van der Waals surface area contributed by atoms with Crippen LogP contribution in [0.3, 0.4) is 0 Å². The van der Waals surface area contributed by atoms with Crippen molar-refractivity contribution in [3.63, 3.8) is 0 Å². The molecule has 7 heteroatoms. The zero-order chi connectivity index (χ0) is 18.9. The number of pyridine rings is 2. The molecule has 0 aliphatic carbocycles. The number of likely N-dealkylation sites (tertiary alicyclic amines) is 1. The third-order valence-corrected chi connectivity index (χ3v) is 5.69. The Balaban J connectivity index is 1.62. The second kappa shape index (κ2) is 7.16. The van der Waals surface area contributed by atoms with Gasteiger partial charge in [0.15, 0.2) is 5.82 Å². The van der Waals surface area contributed by atoms with E-state index in [2.05, 4.69) is 43.4 Å². The number of nitrogens with one attached hydrogen (secondary N) is 2. The van der Waals surface area contributed by atoms with Crippen molar-refractivity contribution in [2.75, 3.05) is 25.0 Å². The first-order chi connectivity index (χ1) is 13.8. The molecule has 1 saturated heterocycles. The number of nitrogens with zero attached hydrogens (tertiary/aromatic N) is 5. The maximum Gasteiger partial charge on any atom is 0.183 e. The van der Waals surface area contributed by atoms with E-state index in [-0.39, 0.29) is 0 Å². The predicted molar refractivity (Wildman–Crippen MR) is 111 cm³/mol. The molecule has 0 amide bonds. The second-order valence-electron chi connectivity index (χ2n) is 7.21. The Bertz CT molecular complexity index is 1110. The molecule has 0 saturated carbocycles. The number of anilines is 1. The van der Waals surface area contributed by atoms with Crippen molar-refractivity contribution in [2.24, 2.45) is 0 Å². The maximum absolute atomic E-state index is 5.02. The molecule has 1 unspecified atom stereocenters. The molecule has 0 radical (unpaired) electrons. The Morgan fingerprint density at radius 2 is 2.18 bits per heavy atom. The molecule has 0 spiro atoms. The number of hydrogen-bond donors (Lipinski definition) is 2. The van der Waals surface area contributed by atoms with E-state index in [0.717, 1.165) is 46.1 Å². The summed E-state index contributed by atoms with van der Waals surface area (Å²) in [5.41, 5.74) is 1.81. The van der Waals surface area contributed by atoms with E-state index in [9.17, 15) is 0 Å². The molecule has 1 aliphatic rings. The average molecular weight is 373 g/mol. The molecule has 1 aliphatic heterocycles. The molecule has 5 rings (SSSR count). The van der Waals surface area contributed by atoms with Crippen molar-refractivity contribution in [1.29, 1.82) is 0 Å². The molecule has 3 aromatic heterocycles. The molecule has 2 N–H and O–H groups in total. The number of aromatic amines is 1. The standard InChI is InChI=1S/C21H23N7/c1-2-28-10-4-5-14(28)11-23-20-16-8-9-22-12-18(16)15-6-3-7-17(19(15)26-20)21-24-13-25-27-21/h3,6-9,12-14H,2,4-5,10-11H2,1H3,(H,23,26)(H,24,25,27). The third kappa shape index (κ3) is 2.88. The van der Waals surface area contributed by atoms with Crippen LogP contribution in [0.4, 0.5) is 5.82 Å². The molecule has 1 aromatic carbocycles. The van der Waals surface area contributed by atoms with E-state index < -0.39 is 0 Å². The lowest BCUT2D eigenvalue weighted by molar-refractivity contribution is 0.277. The van der Waals surface area contributed by atoms with Crippen LogP contribution in [0, 0.1) is 0 Å². The van der Waals surface area contributed by atoms with Crippen LogP contribution in [0.25, 0.3) is 33.1 Å². The molecule has 0 bridgehead atoms. The monoisotopic (exact) mass is 373 g/mol. The van der Waals surface area contributed by atoms with Crippen molar-refractivity contribution in [3.05, 3.63) is 43.0 Å². The smallest absolute Gasteiger partial charge is 0.183 e. The Morgan fingerprint density at radius 3 is 3.04 bits per heavy atom. The number of benzene rings is 1. The fraction of sp³-hybridized carbons (Fsp3) is 0.333. The van der Waals surface area contributed by atoms with E-state index >= 15 is 0 Å². The van der Waals surface area contributed by atoms with Gasteiger partial charge in [0, 0.05) is 46.7 Å². The van der Waals surface area contributed by atoms with Crippen LogP contribution < -0.4 is 5.32 Å². The fourth-order valence-corrected chi connectivity index (χ4v) is 4.28. The number of para-hydroxylation sites is 1. The highest BCUT2D eigenvalue weighted by Gasteiger charge is 2.23. The average Bonchev–Trinajstić information content (AvgIpc) is 3.43. The molecule has 1 fully saturated rings. The lowest BCUT2D eigenvalue weighted by atomic mass is 10.0. The van der Waals surface area contributed by atoms with Crippen molar-refractivity contribution in [2.45, 2.75) is 25.8 Å². The predicted octanol–water partition coefficient (Wildman–Crippen LogP) is 3.46. The van der Waals surface area contributed by atoms with Crippen LogP contribution in [-0.4, -0.2) is 55.7 Å². The molecular weight excluding hydrogens is 350 g/mol. The third-order valence-electron chi connectivity index (χ3n) is 5.69. The van der Waals surface area contributed by atoms with Gasteiger partial charge in [-0.05, 0) is 38.1 Å². The van der Waals surface area contributed by atoms with Crippen LogP contribution in [0.15, 0.2) is 43.0 Å². The summed E-state index contributed by atoms with van der Waals surface area (Å²) in [5.74, 6) is 1.55. The highest BCUT2D eigenvalue weighted by Crippen LogP contribution is 2.33. The zero-order valence-corrected chi connectivity index (χ0v) is 15.9. The lowest BCUT2D eigenvalue weighted by Gasteiger charge is -2.23. The van der Waals surface area contributed by atoms with Gasteiger partial charge in [-0.2, -0.15) is 5.10 Å². The maximum atomic E-state index is 5.02. The van der Waals surface area contributed by atoms with Crippen LogP contribution in [0.5, 0.6) is 0 Å². The summed E-state index contributed by atoms with van der Waals surface area (Å²) < 4.78 is 0. The van der Waals surface area contributed by atoms with Crippen molar-refractivity contribution in [3.8, 4) is 11.4 Å². The van der Waals surface area contributed by atoms with Crippen LogP contribution >= 0.6 is 0 Å². The molecule has 4 aromatic rings. The van der Waals surface area contributed by atoms with Crippen molar-refractivity contribution >= 4 is 27.5 Å². The van der Waals surface area contributed by atoms with Gasteiger partial charge in [0.25, 0.3) is 0 Å². The zero-order valence-electron chi connectivity index (χ0n) is 15.9. The minimum Gasteiger partial charge on any atom is -0.368 e. The van der Waals surface area contributed by atoms with Crippen LogP contribution in [0.1, 0.15) is 19.8 Å². The summed E-state index contributed by atoms with van der Waals surface area (Å²) in [7, 11) is 0. The Hall–Kier alpha value is -3.06. The number of hydrogen-bond acceptors (Lipinski definition) is 6. The summed E-state index contributed by atoms with van der Waals surface area (Å²) in [5, 5.41) is 13.9. The molecule has 1 atom stereocenters. The van der Waals surface area contributed by atoms with Crippen molar-refractivity contribution in [1.82, 2.24) is 30.0 Å². The Kier molecular flexibility index (Phi) is 4.37. The topological polar surface area (TPSA) is 82.6 Å². The second-order valence-corrected chi connectivity index (χ2v) is 7.21. The largest absolute Gasteiger partial charge is 0.368 e. The highest BCUT2D eigenvalue weighted by molar-refractivity contribution is 6.12. The molecule has 4 heterocycles. The summed E-state index contributed by atoms with van der Waals surface area (Å²) in [6.45, 7) is 5.41. The number of H-pyrrole nitrogens is 1. The molecule has 7 nitrogen and oxygen atoms in total. The van der Waals surface area contributed by atoms with Gasteiger partial charge in [-0.3, -0.25) is 15.0 Å². The normalized spacial score (nSPS) is 17.5. The van der Waals surface area contributed by atoms with Gasteiger partial charge in [0.1, 0.15) is 12.1 Å². The number of fused-ring (bicyclic) bond motifs is 3. The van der Waals surface area contributed by atoms with E-state index in [1.165, 1.54) is 19.4 Å². The van der Waals surface area contributed by atoms with Gasteiger partial charge in [0.05, 0.1) is 5.52 Å². The molecule has 142 valence electrons. The number of aromatic nitrogens is 5. The quantitative estimate of drug-likeness (QED) is 0.521. The Morgan fingerprint density at radius 1 is 1.21 bits per heavy atom.